The number of nitrogens with one attached hydrogen (secondary N) is 1. The maximum atomic E-state index is 12.3. The van der Waals surface area contributed by atoms with Crippen LogP contribution in [0.25, 0.3) is 6.08 Å². The number of hydrogen-bond acceptors (Lipinski definition) is 4. The summed E-state index contributed by atoms with van der Waals surface area (Å²) < 4.78 is 6.17. The number of methoxy groups -OCH3 is 1. The predicted molar refractivity (Wildman–Crippen MR) is 98.7 cm³/mol. The number of ether oxygens (including phenoxy) is 1. The average Bonchev–Trinajstić information content (AvgIpc) is 2.57. The summed E-state index contributed by atoms with van der Waals surface area (Å²) in [7, 11) is 1.42. The molecular weight excluding hydrogens is 440 g/mol. The number of benzene rings is 2. The minimum atomic E-state index is -0.535. The van der Waals surface area contributed by atoms with Gasteiger partial charge in [0.05, 0.1) is 17.3 Å². The van der Waals surface area contributed by atoms with Gasteiger partial charge in [0.2, 0.25) is 0 Å². The van der Waals surface area contributed by atoms with Crippen LogP contribution in [-0.4, -0.2) is 18.1 Å². The van der Waals surface area contributed by atoms with E-state index >= 15 is 0 Å². The molecule has 24 heavy (non-hydrogen) atoms. The minimum absolute atomic E-state index is 0.0502. The Balaban J connectivity index is 2.33. The molecule has 0 spiro atoms. The number of phenols is 1. The molecule has 0 bridgehead atoms. The van der Waals surface area contributed by atoms with Crippen molar-refractivity contribution in [3.05, 3.63) is 56.5 Å². The van der Waals surface area contributed by atoms with E-state index < -0.39 is 5.91 Å². The Morgan fingerprint density at radius 3 is 2.62 bits per heavy atom. The van der Waals surface area contributed by atoms with Crippen molar-refractivity contribution in [3.8, 4) is 17.6 Å². The summed E-state index contributed by atoms with van der Waals surface area (Å²) in [6, 6.07) is 12.1. The van der Waals surface area contributed by atoms with Crippen molar-refractivity contribution in [2.45, 2.75) is 0 Å². The molecule has 1 amide bonds. The fourth-order valence-electron chi connectivity index (χ4n) is 1.90. The van der Waals surface area contributed by atoms with Crippen LogP contribution in [0.1, 0.15) is 5.56 Å². The number of nitriles is 1. The molecule has 2 rings (SSSR count). The molecule has 5 nitrogen and oxygen atoms in total. The molecule has 122 valence electrons. The van der Waals surface area contributed by atoms with Crippen molar-refractivity contribution in [1.29, 1.82) is 5.26 Å². The molecule has 0 saturated heterocycles. The standard InChI is InChI=1S/C17H12Br2N2O3/c1-24-15-8-10(7-13(19)16(15)22)6-11(9-20)17(23)21-14-5-3-2-4-12(14)18/h2-8,22H,1H3,(H,21,23). The lowest BCUT2D eigenvalue weighted by atomic mass is 10.1. The molecule has 2 N–H and O–H groups in total. The van der Waals surface area contributed by atoms with Gasteiger partial charge in [-0.25, -0.2) is 0 Å². The Bertz CT molecular complexity index is 857. The first-order valence-electron chi connectivity index (χ1n) is 6.70. The van der Waals surface area contributed by atoms with Crippen LogP contribution in [0.2, 0.25) is 0 Å². The smallest absolute Gasteiger partial charge is 0.266 e. The zero-order valence-corrected chi connectivity index (χ0v) is 15.7. The van der Waals surface area contributed by atoms with Crippen LogP contribution in [0.3, 0.4) is 0 Å². The Hall–Kier alpha value is -2.30. The van der Waals surface area contributed by atoms with Crippen molar-refractivity contribution in [1.82, 2.24) is 0 Å². The number of carbonyl (C=O) groups excluding carboxylic acids is 1. The third-order valence-electron chi connectivity index (χ3n) is 3.07. The summed E-state index contributed by atoms with van der Waals surface area (Å²) in [6.07, 6.45) is 1.42. The third kappa shape index (κ3) is 4.16. The fraction of sp³-hybridized carbons (Fsp3) is 0.0588. The second-order valence-corrected chi connectivity index (χ2v) is 6.37. The lowest BCUT2D eigenvalue weighted by molar-refractivity contribution is -0.112. The molecule has 2 aromatic carbocycles. The molecule has 2 aromatic rings. The SMILES string of the molecule is COc1cc(C=C(C#N)C(=O)Nc2ccccc2Br)cc(Br)c1O. The number of carbonyl (C=O) groups is 1. The van der Waals surface area contributed by atoms with Gasteiger partial charge in [-0.3, -0.25) is 4.79 Å². The number of aromatic hydroxyl groups is 1. The van der Waals surface area contributed by atoms with Crippen LogP contribution in [0, 0.1) is 11.3 Å². The highest BCUT2D eigenvalue weighted by molar-refractivity contribution is 9.11. The molecule has 0 aliphatic heterocycles. The monoisotopic (exact) mass is 450 g/mol. The number of hydrogen-bond donors (Lipinski definition) is 2. The van der Waals surface area contributed by atoms with Crippen LogP contribution in [-0.2, 0) is 4.79 Å². The zero-order valence-electron chi connectivity index (χ0n) is 12.5. The van der Waals surface area contributed by atoms with Crippen LogP contribution in [0.5, 0.6) is 11.5 Å². The summed E-state index contributed by atoms with van der Waals surface area (Å²) in [5.41, 5.74) is 1.02. The second-order valence-electron chi connectivity index (χ2n) is 4.66. The average molecular weight is 452 g/mol. The lowest BCUT2D eigenvalue weighted by Crippen LogP contribution is -2.13. The number of amides is 1. The lowest BCUT2D eigenvalue weighted by Gasteiger charge is -2.08. The topological polar surface area (TPSA) is 82.3 Å². The molecule has 0 saturated carbocycles. The Kier molecular flexibility index (Phi) is 6.01. The predicted octanol–water partition coefficient (Wildman–Crippen LogP) is 4.47. The van der Waals surface area contributed by atoms with Crippen LogP contribution in [0.4, 0.5) is 5.69 Å². The molecular formula is C17H12Br2N2O3. The van der Waals surface area contributed by atoms with Gasteiger partial charge in [-0.05, 0) is 67.8 Å². The fourth-order valence-corrected chi connectivity index (χ4v) is 2.74. The normalized spacial score (nSPS) is 10.8. The largest absolute Gasteiger partial charge is 0.503 e. The highest BCUT2D eigenvalue weighted by Gasteiger charge is 2.13. The first kappa shape index (κ1) is 18.0. The van der Waals surface area contributed by atoms with Gasteiger partial charge in [-0.15, -0.1) is 0 Å². The van der Waals surface area contributed by atoms with Crippen molar-refractivity contribution in [2.24, 2.45) is 0 Å². The summed E-state index contributed by atoms with van der Waals surface area (Å²) in [5.74, 6) is -0.350. The molecule has 0 atom stereocenters. The number of para-hydroxylation sites is 1. The van der Waals surface area contributed by atoms with E-state index in [-0.39, 0.29) is 17.1 Å². The maximum Gasteiger partial charge on any atom is 0.266 e. The first-order valence-corrected chi connectivity index (χ1v) is 8.29. The summed E-state index contributed by atoms with van der Waals surface area (Å²) in [4.78, 5) is 12.3. The van der Waals surface area contributed by atoms with Gasteiger partial charge in [0.25, 0.3) is 5.91 Å². The number of phenolic OH excluding ortho intramolecular Hbond substituents is 1. The molecule has 0 aliphatic rings. The van der Waals surface area contributed by atoms with Crippen LogP contribution in [0.15, 0.2) is 50.9 Å². The highest BCUT2D eigenvalue weighted by Crippen LogP contribution is 2.35. The van der Waals surface area contributed by atoms with Crippen LogP contribution < -0.4 is 10.1 Å². The highest BCUT2D eigenvalue weighted by atomic mass is 79.9. The Morgan fingerprint density at radius 2 is 2.00 bits per heavy atom. The molecule has 0 heterocycles. The molecule has 0 fully saturated rings. The van der Waals surface area contributed by atoms with E-state index in [0.29, 0.717) is 20.2 Å². The van der Waals surface area contributed by atoms with Gasteiger partial charge in [0.15, 0.2) is 11.5 Å². The second kappa shape index (κ2) is 7.99. The van der Waals surface area contributed by atoms with E-state index in [1.807, 2.05) is 12.1 Å². The van der Waals surface area contributed by atoms with E-state index in [2.05, 4.69) is 37.2 Å². The minimum Gasteiger partial charge on any atom is -0.503 e. The summed E-state index contributed by atoms with van der Waals surface area (Å²) >= 11 is 6.53. The van der Waals surface area contributed by atoms with Gasteiger partial charge in [0.1, 0.15) is 11.6 Å². The van der Waals surface area contributed by atoms with Gasteiger partial charge in [-0.2, -0.15) is 5.26 Å². The number of anilines is 1. The summed E-state index contributed by atoms with van der Waals surface area (Å²) in [6.45, 7) is 0. The van der Waals surface area contributed by atoms with E-state index in [4.69, 9.17) is 4.74 Å². The Labute approximate surface area is 155 Å². The van der Waals surface area contributed by atoms with Gasteiger partial charge >= 0.3 is 0 Å². The molecule has 0 aromatic heterocycles. The maximum absolute atomic E-state index is 12.3. The third-order valence-corrected chi connectivity index (χ3v) is 4.36. The van der Waals surface area contributed by atoms with Gasteiger partial charge in [-0.1, -0.05) is 12.1 Å². The quantitative estimate of drug-likeness (QED) is 0.530. The van der Waals surface area contributed by atoms with E-state index in [1.54, 1.807) is 24.3 Å². The van der Waals surface area contributed by atoms with Gasteiger partial charge in [0, 0.05) is 4.47 Å². The Morgan fingerprint density at radius 1 is 1.29 bits per heavy atom. The van der Waals surface area contributed by atoms with Crippen molar-refractivity contribution in [3.63, 3.8) is 0 Å². The first-order chi connectivity index (χ1) is 11.5. The zero-order chi connectivity index (χ0) is 17.7. The van der Waals surface area contributed by atoms with Crippen molar-refractivity contribution >= 4 is 49.5 Å². The number of nitrogens with zero attached hydrogens (tertiary/aromatic N) is 1. The number of halogens is 2. The molecule has 0 radical (unpaired) electrons. The molecule has 0 unspecified atom stereocenters. The van der Waals surface area contributed by atoms with Crippen molar-refractivity contribution < 1.29 is 14.6 Å². The van der Waals surface area contributed by atoms with E-state index in [1.165, 1.54) is 19.3 Å². The van der Waals surface area contributed by atoms with Crippen LogP contribution >= 0.6 is 31.9 Å². The van der Waals surface area contributed by atoms with Crippen molar-refractivity contribution in [2.75, 3.05) is 12.4 Å². The summed E-state index contributed by atoms with van der Waals surface area (Å²) in [5, 5.41) is 21.7. The van der Waals surface area contributed by atoms with E-state index in [9.17, 15) is 15.2 Å². The van der Waals surface area contributed by atoms with E-state index in [0.717, 1.165) is 0 Å². The van der Waals surface area contributed by atoms with Gasteiger partial charge < -0.3 is 15.2 Å². The molecule has 7 heteroatoms. The number of rotatable bonds is 4. The molecule has 0 aliphatic carbocycles.